The summed E-state index contributed by atoms with van der Waals surface area (Å²) >= 11 is 0. The van der Waals surface area contributed by atoms with Gasteiger partial charge in [-0.2, -0.15) is 0 Å². The fourth-order valence-corrected chi connectivity index (χ4v) is 1.52. The first-order valence-electron chi connectivity index (χ1n) is 6.89. The number of nitrogens with one attached hydrogen (secondary N) is 1. The molecule has 0 radical (unpaired) electrons. The van der Waals surface area contributed by atoms with Gasteiger partial charge in [-0.15, -0.1) is 0 Å². The minimum absolute atomic E-state index is 0.0902. The van der Waals surface area contributed by atoms with Gasteiger partial charge in [-0.25, -0.2) is 0 Å². The maximum Gasteiger partial charge on any atom is 0.237 e. The predicted octanol–water partition coefficient (Wildman–Crippen LogP) is 0.588. The van der Waals surface area contributed by atoms with Crippen LogP contribution >= 0.6 is 0 Å². The summed E-state index contributed by atoms with van der Waals surface area (Å²) in [6.07, 6.45) is 3.39. The zero-order valence-electron chi connectivity index (χ0n) is 12.1. The number of amides is 1. The number of unbranched alkanes of at least 4 members (excludes halogenated alkanes) is 2. The van der Waals surface area contributed by atoms with E-state index in [9.17, 15) is 4.79 Å². The van der Waals surface area contributed by atoms with Gasteiger partial charge in [0.1, 0.15) is 0 Å². The van der Waals surface area contributed by atoms with E-state index in [0.717, 1.165) is 25.9 Å². The monoisotopic (exact) mass is 259 g/mol. The fourth-order valence-electron chi connectivity index (χ4n) is 1.52. The van der Waals surface area contributed by atoms with E-state index in [-0.39, 0.29) is 11.9 Å². The molecule has 5 heteroatoms. The van der Waals surface area contributed by atoms with Gasteiger partial charge in [0.25, 0.3) is 0 Å². The second kappa shape index (κ2) is 11.4. The molecule has 0 aromatic heterocycles. The van der Waals surface area contributed by atoms with E-state index in [4.69, 9.17) is 10.5 Å². The Labute approximate surface area is 111 Å². The molecule has 108 valence electrons. The van der Waals surface area contributed by atoms with Crippen LogP contribution in [0.2, 0.25) is 0 Å². The van der Waals surface area contributed by atoms with Crippen LogP contribution in [-0.4, -0.2) is 56.7 Å². The molecule has 0 bridgehead atoms. The van der Waals surface area contributed by atoms with Crippen molar-refractivity contribution < 1.29 is 9.53 Å². The fraction of sp³-hybridized carbons (Fsp3) is 0.923. The molecule has 1 unspecified atom stereocenters. The molecule has 0 aliphatic rings. The van der Waals surface area contributed by atoms with Crippen LogP contribution in [0, 0.1) is 0 Å². The maximum atomic E-state index is 11.8. The standard InChI is InChI=1S/C13H29N3O2/c1-4-5-6-8-15-13(17)12(2)16(3)9-11-18-10-7-14/h12H,4-11,14H2,1-3H3,(H,15,17). The number of nitrogens with two attached hydrogens (primary N) is 1. The van der Waals surface area contributed by atoms with E-state index in [1.807, 2.05) is 18.9 Å². The molecule has 0 saturated carbocycles. The molecule has 1 atom stereocenters. The molecule has 1 amide bonds. The van der Waals surface area contributed by atoms with Gasteiger partial charge in [0, 0.05) is 19.6 Å². The predicted molar refractivity (Wildman–Crippen MR) is 74.5 cm³/mol. The van der Waals surface area contributed by atoms with Crippen molar-refractivity contribution in [3.8, 4) is 0 Å². The molecule has 0 heterocycles. The van der Waals surface area contributed by atoms with Gasteiger partial charge in [0.15, 0.2) is 0 Å². The molecule has 0 aliphatic carbocycles. The van der Waals surface area contributed by atoms with Crippen molar-refractivity contribution in [2.75, 3.05) is 39.9 Å². The summed E-state index contributed by atoms with van der Waals surface area (Å²) in [7, 11) is 1.93. The minimum Gasteiger partial charge on any atom is -0.379 e. The lowest BCUT2D eigenvalue weighted by atomic mass is 10.2. The largest absolute Gasteiger partial charge is 0.379 e. The second-order valence-electron chi connectivity index (χ2n) is 4.56. The average molecular weight is 259 g/mol. The molecular weight excluding hydrogens is 230 g/mol. The SMILES string of the molecule is CCCCCNC(=O)C(C)N(C)CCOCCN. The number of hydrogen-bond donors (Lipinski definition) is 2. The van der Waals surface area contributed by atoms with Crippen LogP contribution in [0.15, 0.2) is 0 Å². The van der Waals surface area contributed by atoms with Crippen molar-refractivity contribution in [3.63, 3.8) is 0 Å². The van der Waals surface area contributed by atoms with Crippen molar-refractivity contribution in [2.45, 2.75) is 39.2 Å². The summed E-state index contributed by atoms with van der Waals surface area (Å²) in [6.45, 7) is 7.31. The smallest absolute Gasteiger partial charge is 0.237 e. The molecule has 0 fully saturated rings. The quantitative estimate of drug-likeness (QED) is 0.533. The Balaban J connectivity index is 3.68. The van der Waals surface area contributed by atoms with Gasteiger partial charge in [-0.1, -0.05) is 19.8 Å². The number of nitrogens with zero attached hydrogens (tertiary/aromatic N) is 1. The lowest BCUT2D eigenvalue weighted by molar-refractivity contribution is -0.125. The van der Waals surface area contributed by atoms with Gasteiger partial charge in [0.2, 0.25) is 5.91 Å². The van der Waals surface area contributed by atoms with Gasteiger partial charge in [-0.3, -0.25) is 9.69 Å². The molecule has 0 aromatic rings. The highest BCUT2D eigenvalue weighted by Gasteiger charge is 2.16. The van der Waals surface area contributed by atoms with E-state index in [1.54, 1.807) is 0 Å². The Morgan fingerprint density at radius 3 is 2.72 bits per heavy atom. The minimum atomic E-state index is -0.117. The van der Waals surface area contributed by atoms with Crippen LogP contribution < -0.4 is 11.1 Å². The number of carbonyl (C=O) groups is 1. The molecule has 0 aliphatic heterocycles. The number of carbonyl (C=O) groups excluding carboxylic acids is 1. The van der Waals surface area contributed by atoms with E-state index < -0.39 is 0 Å². The first-order valence-corrected chi connectivity index (χ1v) is 6.89. The van der Waals surface area contributed by atoms with E-state index >= 15 is 0 Å². The van der Waals surface area contributed by atoms with Crippen LogP contribution in [0.1, 0.15) is 33.1 Å². The second-order valence-corrected chi connectivity index (χ2v) is 4.56. The number of ether oxygens (including phenoxy) is 1. The molecule has 0 spiro atoms. The van der Waals surface area contributed by atoms with Crippen molar-refractivity contribution in [3.05, 3.63) is 0 Å². The van der Waals surface area contributed by atoms with E-state index in [0.29, 0.717) is 19.8 Å². The van der Waals surface area contributed by atoms with Gasteiger partial charge < -0.3 is 15.8 Å². The molecule has 0 saturated heterocycles. The topological polar surface area (TPSA) is 67.6 Å². The van der Waals surface area contributed by atoms with Crippen LogP contribution in [-0.2, 0) is 9.53 Å². The molecule has 3 N–H and O–H groups in total. The highest BCUT2D eigenvalue weighted by molar-refractivity contribution is 5.81. The average Bonchev–Trinajstić information content (AvgIpc) is 2.38. The number of hydrogen-bond acceptors (Lipinski definition) is 4. The number of rotatable bonds is 11. The zero-order valence-corrected chi connectivity index (χ0v) is 12.1. The highest BCUT2D eigenvalue weighted by Crippen LogP contribution is 1.97. The normalized spacial score (nSPS) is 12.7. The molecule has 0 aromatic carbocycles. The number of likely N-dealkylation sites (N-methyl/N-ethyl adjacent to an activating group) is 1. The Morgan fingerprint density at radius 1 is 1.39 bits per heavy atom. The van der Waals surface area contributed by atoms with Gasteiger partial charge in [-0.05, 0) is 20.4 Å². The van der Waals surface area contributed by atoms with Crippen molar-refractivity contribution in [1.29, 1.82) is 0 Å². The molecule has 18 heavy (non-hydrogen) atoms. The molecule has 5 nitrogen and oxygen atoms in total. The summed E-state index contributed by atoms with van der Waals surface area (Å²) in [4.78, 5) is 13.8. The Hall–Kier alpha value is -0.650. The van der Waals surface area contributed by atoms with Gasteiger partial charge in [0.05, 0.1) is 19.3 Å². The summed E-state index contributed by atoms with van der Waals surface area (Å²) < 4.78 is 5.30. The van der Waals surface area contributed by atoms with Crippen molar-refractivity contribution in [2.24, 2.45) is 5.73 Å². The van der Waals surface area contributed by atoms with Crippen molar-refractivity contribution >= 4 is 5.91 Å². The molecular formula is C13H29N3O2. The first kappa shape index (κ1) is 17.4. The van der Waals surface area contributed by atoms with Crippen LogP contribution in [0.25, 0.3) is 0 Å². The lowest BCUT2D eigenvalue weighted by Gasteiger charge is -2.23. The third-order valence-corrected chi connectivity index (χ3v) is 2.97. The van der Waals surface area contributed by atoms with Crippen LogP contribution in [0.4, 0.5) is 0 Å². The summed E-state index contributed by atoms with van der Waals surface area (Å²) in [5.74, 6) is 0.0902. The summed E-state index contributed by atoms with van der Waals surface area (Å²) in [5, 5.41) is 2.96. The summed E-state index contributed by atoms with van der Waals surface area (Å²) in [6, 6.07) is -0.117. The highest BCUT2D eigenvalue weighted by atomic mass is 16.5. The summed E-state index contributed by atoms with van der Waals surface area (Å²) in [5.41, 5.74) is 5.33. The van der Waals surface area contributed by atoms with E-state index in [2.05, 4.69) is 12.2 Å². The first-order chi connectivity index (χ1) is 8.63. The third kappa shape index (κ3) is 8.44. The van der Waals surface area contributed by atoms with Crippen LogP contribution in [0.3, 0.4) is 0 Å². The Kier molecular flexibility index (Phi) is 11.0. The third-order valence-electron chi connectivity index (χ3n) is 2.97. The Bertz CT molecular complexity index is 212. The van der Waals surface area contributed by atoms with Gasteiger partial charge >= 0.3 is 0 Å². The zero-order chi connectivity index (χ0) is 13.8. The van der Waals surface area contributed by atoms with Crippen molar-refractivity contribution in [1.82, 2.24) is 10.2 Å². The lowest BCUT2D eigenvalue weighted by Crippen LogP contribution is -2.44. The molecule has 0 rings (SSSR count). The van der Waals surface area contributed by atoms with E-state index in [1.165, 1.54) is 6.42 Å². The Morgan fingerprint density at radius 2 is 2.11 bits per heavy atom. The maximum absolute atomic E-state index is 11.8. The van der Waals surface area contributed by atoms with Crippen LogP contribution in [0.5, 0.6) is 0 Å².